The largest absolute Gasteiger partial charge is 0.350 e. The number of amides is 1. The molecule has 1 aliphatic rings. The van der Waals surface area contributed by atoms with Gasteiger partial charge in [-0.1, -0.05) is 11.6 Å². The first kappa shape index (κ1) is 14.1. The fraction of sp³-hybridized carbons (Fsp3) is 0.583. The van der Waals surface area contributed by atoms with Gasteiger partial charge in [0.25, 0.3) is 0 Å². The van der Waals surface area contributed by atoms with Gasteiger partial charge in [0.15, 0.2) is 5.15 Å². The highest BCUT2D eigenvalue weighted by Crippen LogP contribution is 2.36. The lowest BCUT2D eigenvalue weighted by Crippen LogP contribution is -2.37. The lowest BCUT2D eigenvalue weighted by atomic mass is 9.86. The van der Waals surface area contributed by atoms with Crippen LogP contribution in [0.1, 0.15) is 31.4 Å². The molecule has 7 heteroatoms. The molecule has 0 saturated heterocycles. The Morgan fingerprint density at radius 3 is 2.89 bits per heavy atom. The van der Waals surface area contributed by atoms with Crippen molar-refractivity contribution in [2.24, 2.45) is 5.92 Å². The van der Waals surface area contributed by atoms with Crippen molar-refractivity contribution >= 4 is 17.5 Å². The van der Waals surface area contributed by atoms with Crippen molar-refractivity contribution in [3.05, 3.63) is 23.2 Å². The second-order valence-electron chi connectivity index (χ2n) is 4.66. The molecule has 1 aromatic heterocycles. The minimum absolute atomic E-state index is 0.105. The molecule has 1 unspecified atom stereocenters. The smallest absolute Gasteiger partial charge is 0.248 e. The molecule has 1 fully saturated rings. The highest BCUT2D eigenvalue weighted by Gasteiger charge is 2.39. The number of alkyl halides is 2. The van der Waals surface area contributed by atoms with E-state index in [0.717, 1.165) is 0 Å². The molecular weight excluding hydrogens is 276 g/mol. The minimum Gasteiger partial charge on any atom is -0.350 e. The summed E-state index contributed by atoms with van der Waals surface area (Å²) < 4.78 is 26.4. The van der Waals surface area contributed by atoms with E-state index in [1.807, 2.05) is 0 Å². The van der Waals surface area contributed by atoms with Gasteiger partial charge in [-0.2, -0.15) is 0 Å². The SMILES string of the molecule is O=C(NCc1nccnc1Cl)C1CCCC(F)(F)C1. The Balaban J connectivity index is 1.90. The average molecular weight is 290 g/mol. The number of nitrogens with one attached hydrogen (secondary N) is 1. The van der Waals surface area contributed by atoms with E-state index in [2.05, 4.69) is 15.3 Å². The Morgan fingerprint density at radius 2 is 2.21 bits per heavy atom. The lowest BCUT2D eigenvalue weighted by molar-refractivity contribution is -0.132. The van der Waals surface area contributed by atoms with Crippen LogP contribution in [0.15, 0.2) is 12.4 Å². The number of carbonyl (C=O) groups excluding carboxylic acids is 1. The van der Waals surface area contributed by atoms with Gasteiger partial charge < -0.3 is 5.32 Å². The molecule has 1 aromatic rings. The zero-order valence-electron chi connectivity index (χ0n) is 10.2. The van der Waals surface area contributed by atoms with Gasteiger partial charge in [0.1, 0.15) is 0 Å². The molecule has 1 saturated carbocycles. The zero-order valence-corrected chi connectivity index (χ0v) is 11.0. The lowest BCUT2D eigenvalue weighted by Gasteiger charge is -2.27. The molecule has 104 valence electrons. The topological polar surface area (TPSA) is 54.9 Å². The molecule has 0 aliphatic heterocycles. The Morgan fingerprint density at radius 1 is 1.47 bits per heavy atom. The molecule has 0 bridgehead atoms. The van der Waals surface area contributed by atoms with Crippen LogP contribution < -0.4 is 5.32 Å². The third-order valence-corrected chi connectivity index (χ3v) is 3.48. The van der Waals surface area contributed by atoms with E-state index in [1.54, 1.807) is 0 Å². The number of rotatable bonds is 3. The standard InChI is InChI=1S/C12H14ClF2N3O/c13-10-9(16-4-5-17-10)7-18-11(19)8-2-1-3-12(14,15)6-8/h4-5,8H,1-3,6-7H2,(H,18,19). The molecule has 1 N–H and O–H groups in total. The Hall–Kier alpha value is -1.30. The number of halogens is 3. The van der Waals surface area contributed by atoms with Crippen LogP contribution in [-0.4, -0.2) is 21.8 Å². The van der Waals surface area contributed by atoms with Crippen LogP contribution in [0.4, 0.5) is 8.78 Å². The molecule has 0 spiro atoms. The molecule has 0 aromatic carbocycles. The predicted octanol–water partition coefficient (Wildman–Crippen LogP) is 2.57. The van der Waals surface area contributed by atoms with Gasteiger partial charge in [0.05, 0.1) is 12.2 Å². The molecule has 1 aliphatic carbocycles. The summed E-state index contributed by atoms with van der Waals surface area (Å²) in [5.41, 5.74) is 0.431. The summed E-state index contributed by atoms with van der Waals surface area (Å²) in [5, 5.41) is 2.79. The van der Waals surface area contributed by atoms with Crippen LogP contribution in [-0.2, 0) is 11.3 Å². The van der Waals surface area contributed by atoms with Crippen molar-refractivity contribution in [2.45, 2.75) is 38.2 Å². The molecule has 19 heavy (non-hydrogen) atoms. The van der Waals surface area contributed by atoms with Gasteiger partial charge in [-0.3, -0.25) is 9.78 Å². The van der Waals surface area contributed by atoms with Gasteiger partial charge in [0.2, 0.25) is 11.8 Å². The van der Waals surface area contributed by atoms with Gasteiger partial charge in [-0.05, 0) is 12.8 Å². The van der Waals surface area contributed by atoms with Gasteiger partial charge in [-0.25, -0.2) is 13.8 Å². The summed E-state index contributed by atoms with van der Waals surface area (Å²) in [6, 6.07) is 0. The second-order valence-corrected chi connectivity index (χ2v) is 5.02. The highest BCUT2D eigenvalue weighted by atomic mass is 35.5. The minimum atomic E-state index is -2.73. The molecular formula is C12H14ClF2N3O. The third kappa shape index (κ3) is 3.83. The third-order valence-electron chi connectivity index (χ3n) is 3.16. The summed E-state index contributed by atoms with van der Waals surface area (Å²) in [6.07, 6.45) is 3.25. The van der Waals surface area contributed by atoms with Crippen LogP contribution in [0.3, 0.4) is 0 Å². The molecule has 0 radical (unpaired) electrons. The van der Waals surface area contributed by atoms with Crippen LogP contribution >= 0.6 is 11.6 Å². The van der Waals surface area contributed by atoms with Gasteiger partial charge >= 0.3 is 0 Å². The summed E-state index contributed by atoms with van der Waals surface area (Å²) in [6.45, 7) is 0.105. The monoisotopic (exact) mass is 289 g/mol. The van der Waals surface area contributed by atoms with E-state index in [9.17, 15) is 13.6 Å². The predicted molar refractivity (Wildman–Crippen MR) is 65.8 cm³/mol. The first-order valence-electron chi connectivity index (χ1n) is 6.09. The van der Waals surface area contributed by atoms with Crippen molar-refractivity contribution < 1.29 is 13.6 Å². The van der Waals surface area contributed by atoms with Crippen molar-refractivity contribution in [1.29, 1.82) is 0 Å². The Bertz CT molecular complexity index is 470. The van der Waals surface area contributed by atoms with E-state index in [1.165, 1.54) is 12.4 Å². The van der Waals surface area contributed by atoms with E-state index < -0.39 is 11.8 Å². The number of hydrogen-bond donors (Lipinski definition) is 1. The first-order valence-corrected chi connectivity index (χ1v) is 6.47. The normalized spacial score (nSPS) is 21.9. The molecule has 1 atom stereocenters. The number of nitrogens with zero attached hydrogens (tertiary/aromatic N) is 2. The molecule has 2 rings (SSSR count). The van der Waals surface area contributed by atoms with Crippen molar-refractivity contribution in [2.75, 3.05) is 0 Å². The maximum Gasteiger partial charge on any atom is 0.248 e. The quantitative estimate of drug-likeness (QED) is 0.930. The Kier molecular flexibility index (Phi) is 4.29. The van der Waals surface area contributed by atoms with Crippen molar-refractivity contribution in [1.82, 2.24) is 15.3 Å². The summed E-state index contributed by atoms with van der Waals surface area (Å²) >= 11 is 5.79. The summed E-state index contributed by atoms with van der Waals surface area (Å²) in [7, 11) is 0. The van der Waals surface area contributed by atoms with Gasteiger partial charge in [-0.15, -0.1) is 0 Å². The van der Waals surface area contributed by atoms with Crippen LogP contribution in [0.25, 0.3) is 0 Å². The fourth-order valence-corrected chi connectivity index (χ4v) is 2.35. The first-order chi connectivity index (χ1) is 8.98. The van der Waals surface area contributed by atoms with Crippen molar-refractivity contribution in [3.63, 3.8) is 0 Å². The summed E-state index contributed by atoms with van der Waals surface area (Å²) in [5.74, 6) is -3.75. The average Bonchev–Trinajstić information content (AvgIpc) is 2.36. The number of aromatic nitrogens is 2. The van der Waals surface area contributed by atoms with Crippen LogP contribution in [0.2, 0.25) is 5.15 Å². The van der Waals surface area contributed by atoms with Gasteiger partial charge in [0, 0.05) is 31.2 Å². The Labute approximate surface area is 114 Å². The molecule has 1 heterocycles. The molecule has 1 amide bonds. The maximum atomic E-state index is 13.2. The van der Waals surface area contributed by atoms with E-state index in [4.69, 9.17) is 11.6 Å². The highest BCUT2D eigenvalue weighted by molar-refractivity contribution is 6.29. The van der Waals surface area contributed by atoms with Crippen molar-refractivity contribution in [3.8, 4) is 0 Å². The zero-order chi connectivity index (χ0) is 13.9. The van der Waals surface area contributed by atoms with E-state index in [0.29, 0.717) is 18.5 Å². The fourth-order valence-electron chi connectivity index (χ4n) is 2.18. The number of hydrogen-bond acceptors (Lipinski definition) is 3. The van der Waals surface area contributed by atoms with Crippen LogP contribution in [0, 0.1) is 5.92 Å². The second kappa shape index (κ2) is 5.77. The summed E-state index contributed by atoms with van der Waals surface area (Å²) in [4.78, 5) is 19.6. The van der Waals surface area contributed by atoms with E-state index >= 15 is 0 Å². The van der Waals surface area contributed by atoms with Crippen LogP contribution in [0.5, 0.6) is 0 Å². The molecule has 4 nitrogen and oxygen atoms in total. The van der Waals surface area contributed by atoms with E-state index in [-0.39, 0.29) is 30.4 Å². The number of carbonyl (C=O) groups is 1. The maximum absolute atomic E-state index is 13.2.